The molecule has 4 N–H and O–H groups in total. The van der Waals surface area contributed by atoms with Gasteiger partial charge in [-0.15, -0.1) is 0 Å². The molecule has 1 saturated heterocycles. The van der Waals surface area contributed by atoms with Crippen molar-refractivity contribution < 1.29 is 28.2 Å². The number of hydrogen-bond donors (Lipinski definition) is 3. The topological polar surface area (TPSA) is 131 Å². The second-order valence-corrected chi connectivity index (χ2v) is 9.34. The number of aromatic carboxylic acids is 1. The van der Waals surface area contributed by atoms with Crippen molar-refractivity contribution >= 4 is 40.4 Å². The molecular formula is C28H27FN4O5. The number of carboxylic acids is 1. The number of fused-ring (bicyclic) bond motifs is 1. The molecule has 0 radical (unpaired) electrons. The van der Waals surface area contributed by atoms with E-state index in [1.807, 2.05) is 31.2 Å². The number of rotatable bonds is 8. The summed E-state index contributed by atoms with van der Waals surface area (Å²) in [7, 11) is 0. The van der Waals surface area contributed by atoms with Gasteiger partial charge in [0.25, 0.3) is 6.01 Å². The van der Waals surface area contributed by atoms with E-state index < -0.39 is 18.2 Å². The van der Waals surface area contributed by atoms with Crippen LogP contribution < -0.4 is 15.8 Å². The summed E-state index contributed by atoms with van der Waals surface area (Å²) in [6.45, 7) is 2.00. The van der Waals surface area contributed by atoms with E-state index in [2.05, 4.69) is 10.3 Å². The minimum Gasteiger partial charge on any atom is -0.489 e. The van der Waals surface area contributed by atoms with Gasteiger partial charge in [0.2, 0.25) is 5.91 Å². The first-order chi connectivity index (χ1) is 18.3. The van der Waals surface area contributed by atoms with Crippen LogP contribution in [0.15, 0.2) is 65.1 Å². The van der Waals surface area contributed by atoms with Gasteiger partial charge in [-0.3, -0.25) is 4.79 Å². The molecule has 0 aliphatic carbocycles. The maximum absolute atomic E-state index is 14.3. The van der Waals surface area contributed by atoms with E-state index >= 15 is 0 Å². The number of halogens is 1. The number of aromatic nitrogens is 1. The summed E-state index contributed by atoms with van der Waals surface area (Å²) in [6.07, 6.45) is -0.949. The molecule has 1 aliphatic rings. The van der Waals surface area contributed by atoms with E-state index in [0.717, 1.165) is 16.8 Å². The number of carbonyl (C=O) groups is 2. The Morgan fingerprint density at radius 2 is 2.03 bits per heavy atom. The van der Waals surface area contributed by atoms with Crippen LogP contribution in [-0.2, 0) is 11.2 Å². The molecule has 10 heteroatoms. The van der Waals surface area contributed by atoms with Crippen molar-refractivity contribution in [3.05, 3.63) is 77.4 Å². The lowest BCUT2D eigenvalue weighted by Crippen LogP contribution is -2.40. The van der Waals surface area contributed by atoms with Crippen molar-refractivity contribution in [3.63, 3.8) is 0 Å². The largest absolute Gasteiger partial charge is 0.489 e. The van der Waals surface area contributed by atoms with Crippen molar-refractivity contribution in [2.45, 2.75) is 32.0 Å². The van der Waals surface area contributed by atoms with Crippen LogP contribution in [-0.4, -0.2) is 52.2 Å². The smallest absolute Gasteiger partial charge is 0.335 e. The van der Waals surface area contributed by atoms with E-state index in [4.69, 9.17) is 20.0 Å². The standard InChI is InChI=1S/C28H27FN4O5/c1-16-4-2-3-5-22(16)31-28-32-23-8-6-17(10-25(23)38-28)11-26(34)33-14-19(29)13-20(33)15-37-24-9-7-18(27(35)36)12-21(24)30/h2-10,12,19-20H,11,13-15,30H2,1H3,(H,31,32)(H,35,36)/t19-,20?/m0/s1. The Labute approximate surface area is 218 Å². The Balaban J connectivity index is 1.25. The van der Waals surface area contributed by atoms with Gasteiger partial charge in [-0.05, 0) is 54.4 Å². The van der Waals surface area contributed by atoms with Crippen molar-refractivity contribution in [1.29, 1.82) is 0 Å². The summed E-state index contributed by atoms with van der Waals surface area (Å²) in [4.78, 5) is 30.2. The van der Waals surface area contributed by atoms with Gasteiger partial charge in [-0.25, -0.2) is 9.18 Å². The van der Waals surface area contributed by atoms with Crippen LogP contribution in [0, 0.1) is 6.92 Å². The maximum Gasteiger partial charge on any atom is 0.335 e. The molecule has 196 valence electrons. The zero-order valence-corrected chi connectivity index (χ0v) is 20.7. The fraction of sp³-hybridized carbons (Fsp3) is 0.250. The van der Waals surface area contributed by atoms with E-state index in [9.17, 15) is 14.0 Å². The number of nitrogens with zero attached hydrogens (tertiary/aromatic N) is 2. The highest BCUT2D eigenvalue weighted by Crippen LogP contribution is 2.28. The Bertz CT molecular complexity index is 1500. The molecule has 0 bridgehead atoms. The van der Waals surface area contributed by atoms with Crippen LogP contribution in [0.2, 0.25) is 0 Å². The van der Waals surface area contributed by atoms with Gasteiger partial charge < -0.3 is 30.2 Å². The number of anilines is 3. The molecule has 1 unspecified atom stereocenters. The summed E-state index contributed by atoms with van der Waals surface area (Å²) in [5.74, 6) is -1.04. The number of oxazole rings is 1. The fourth-order valence-corrected chi connectivity index (χ4v) is 4.56. The Morgan fingerprint density at radius 3 is 2.79 bits per heavy atom. The number of nitrogen functional groups attached to an aromatic ring is 1. The lowest BCUT2D eigenvalue weighted by Gasteiger charge is -2.25. The van der Waals surface area contributed by atoms with Gasteiger partial charge in [0, 0.05) is 12.1 Å². The molecule has 3 aromatic carbocycles. The van der Waals surface area contributed by atoms with Gasteiger partial charge in [0.1, 0.15) is 24.0 Å². The number of nitrogens with two attached hydrogens (primary N) is 1. The number of aryl methyl sites for hydroxylation is 1. The van der Waals surface area contributed by atoms with Crippen molar-refractivity contribution in [3.8, 4) is 5.75 Å². The molecule has 1 aromatic heterocycles. The Kier molecular flexibility index (Phi) is 6.87. The van der Waals surface area contributed by atoms with E-state index in [0.29, 0.717) is 17.1 Å². The molecular weight excluding hydrogens is 491 g/mol. The molecule has 4 aromatic rings. The highest BCUT2D eigenvalue weighted by atomic mass is 19.1. The number of para-hydroxylation sites is 1. The second-order valence-electron chi connectivity index (χ2n) is 9.34. The van der Waals surface area contributed by atoms with Gasteiger partial charge >= 0.3 is 5.97 Å². The highest BCUT2D eigenvalue weighted by Gasteiger charge is 2.35. The number of carbonyl (C=O) groups excluding carboxylic acids is 1. The number of alkyl halides is 1. The van der Waals surface area contributed by atoms with Gasteiger partial charge in [0.05, 0.1) is 30.3 Å². The number of likely N-dealkylation sites (tertiary alicyclic amines) is 1. The molecule has 0 saturated carbocycles. The van der Waals surface area contributed by atoms with E-state index in [1.165, 1.54) is 23.1 Å². The fourth-order valence-electron chi connectivity index (χ4n) is 4.56. The lowest BCUT2D eigenvalue weighted by atomic mass is 10.1. The quantitative estimate of drug-likeness (QED) is 0.286. The van der Waals surface area contributed by atoms with Gasteiger partial charge in [-0.2, -0.15) is 4.98 Å². The molecule has 1 aliphatic heterocycles. The first-order valence-electron chi connectivity index (χ1n) is 12.2. The minimum atomic E-state index is -1.16. The maximum atomic E-state index is 14.3. The first kappa shape index (κ1) is 25.1. The summed E-state index contributed by atoms with van der Waals surface area (Å²) in [5, 5.41) is 12.3. The Morgan fingerprint density at radius 1 is 1.21 bits per heavy atom. The molecule has 2 atom stereocenters. The van der Waals surface area contributed by atoms with Crippen LogP contribution >= 0.6 is 0 Å². The minimum absolute atomic E-state index is 0.0185. The second kappa shape index (κ2) is 10.4. The van der Waals surface area contributed by atoms with Gasteiger partial charge in [-0.1, -0.05) is 24.3 Å². The number of carboxylic acid groups (broad SMARTS) is 1. The number of amides is 1. The zero-order valence-electron chi connectivity index (χ0n) is 20.7. The number of hydrogen-bond acceptors (Lipinski definition) is 7. The van der Waals surface area contributed by atoms with Crippen LogP contribution in [0.3, 0.4) is 0 Å². The summed E-state index contributed by atoms with van der Waals surface area (Å²) in [6, 6.07) is 17.2. The first-order valence-corrected chi connectivity index (χ1v) is 12.2. The molecule has 1 amide bonds. The van der Waals surface area contributed by atoms with Gasteiger partial charge in [0.15, 0.2) is 5.58 Å². The van der Waals surface area contributed by atoms with E-state index in [1.54, 1.807) is 18.2 Å². The predicted octanol–water partition coefficient (Wildman–Crippen LogP) is 4.72. The lowest BCUT2D eigenvalue weighted by molar-refractivity contribution is -0.132. The SMILES string of the molecule is Cc1ccccc1Nc1nc2ccc(CC(=O)N3C[C@@H](F)CC3COc3ccc(C(=O)O)cc3N)cc2o1. The number of nitrogens with one attached hydrogen (secondary N) is 1. The molecule has 5 rings (SSSR count). The average Bonchev–Trinajstić information content (AvgIpc) is 3.46. The monoisotopic (exact) mass is 518 g/mol. The molecule has 38 heavy (non-hydrogen) atoms. The summed E-state index contributed by atoms with van der Waals surface area (Å²) < 4.78 is 25.9. The van der Waals surface area contributed by atoms with Crippen LogP contribution in [0.4, 0.5) is 21.8 Å². The third-order valence-corrected chi connectivity index (χ3v) is 6.57. The van der Waals surface area contributed by atoms with Crippen molar-refractivity contribution in [2.75, 3.05) is 24.2 Å². The molecule has 1 fully saturated rings. The summed E-state index contributed by atoms with van der Waals surface area (Å²) >= 11 is 0. The van der Waals surface area contributed by atoms with Crippen molar-refractivity contribution in [1.82, 2.24) is 9.88 Å². The zero-order chi connectivity index (χ0) is 26.8. The molecule has 0 spiro atoms. The normalized spacial score (nSPS) is 17.1. The van der Waals surface area contributed by atoms with Crippen LogP contribution in [0.5, 0.6) is 5.75 Å². The van der Waals surface area contributed by atoms with Crippen molar-refractivity contribution in [2.24, 2.45) is 0 Å². The third-order valence-electron chi connectivity index (χ3n) is 6.57. The van der Waals surface area contributed by atoms with E-state index in [-0.39, 0.29) is 48.9 Å². The Hall–Kier alpha value is -4.60. The highest BCUT2D eigenvalue weighted by molar-refractivity contribution is 5.89. The molecule has 9 nitrogen and oxygen atoms in total. The van der Waals surface area contributed by atoms with Crippen LogP contribution in [0.1, 0.15) is 27.9 Å². The van der Waals surface area contributed by atoms with Crippen LogP contribution in [0.25, 0.3) is 11.1 Å². The third kappa shape index (κ3) is 5.39. The summed E-state index contributed by atoms with van der Waals surface area (Å²) in [5.41, 5.74) is 9.95. The predicted molar refractivity (Wildman–Crippen MR) is 140 cm³/mol. The number of ether oxygens (including phenoxy) is 1. The number of benzene rings is 3. The average molecular weight is 519 g/mol. The molecule has 2 heterocycles.